The van der Waals surface area contributed by atoms with Gasteiger partial charge < -0.3 is 15.1 Å². The molecule has 0 radical (unpaired) electrons. The molecule has 2 amide bonds. The van der Waals surface area contributed by atoms with Crippen molar-refractivity contribution in [3.63, 3.8) is 0 Å². The highest BCUT2D eigenvalue weighted by molar-refractivity contribution is 6.11. The number of anilines is 1. The second kappa shape index (κ2) is 8.42. The third-order valence-electron chi connectivity index (χ3n) is 5.09. The highest BCUT2D eigenvalue weighted by atomic mass is 16.4. The van der Waals surface area contributed by atoms with Crippen molar-refractivity contribution < 1.29 is 14.0 Å². The largest absolute Gasteiger partial charge is 0.454 e. The van der Waals surface area contributed by atoms with Crippen LogP contribution in [0.3, 0.4) is 0 Å². The zero-order valence-corrected chi connectivity index (χ0v) is 17.6. The topological polar surface area (TPSA) is 131 Å². The molecule has 0 atom stereocenters. The Labute approximate surface area is 187 Å². The lowest BCUT2D eigenvalue weighted by molar-refractivity contribution is 0.0933. The molecule has 33 heavy (non-hydrogen) atoms. The van der Waals surface area contributed by atoms with Crippen LogP contribution in [-0.2, 0) is 6.54 Å². The maximum atomic E-state index is 12.8. The van der Waals surface area contributed by atoms with E-state index in [4.69, 9.17) is 4.42 Å². The average molecular weight is 441 g/mol. The highest BCUT2D eigenvalue weighted by Gasteiger charge is 2.16. The fourth-order valence-electron chi connectivity index (χ4n) is 3.48. The van der Waals surface area contributed by atoms with Gasteiger partial charge in [-0.2, -0.15) is 10.2 Å². The summed E-state index contributed by atoms with van der Waals surface area (Å²) in [4.78, 5) is 28.6. The number of furan rings is 1. The molecule has 1 aromatic carbocycles. The number of nitrogens with one attached hydrogen (secondary N) is 3. The highest BCUT2D eigenvalue weighted by Crippen LogP contribution is 2.25. The summed E-state index contributed by atoms with van der Waals surface area (Å²) in [5.74, 6) is 0.144. The molecule has 0 saturated carbocycles. The van der Waals surface area contributed by atoms with Gasteiger partial charge in [-0.3, -0.25) is 24.4 Å². The van der Waals surface area contributed by atoms with E-state index < -0.39 is 0 Å². The second-order valence-corrected chi connectivity index (χ2v) is 7.30. The Morgan fingerprint density at radius 2 is 2.00 bits per heavy atom. The minimum Gasteiger partial charge on any atom is -0.454 e. The maximum absolute atomic E-state index is 12.8. The Bertz CT molecular complexity index is 1450. The van der Waals surface area contributed by atoms with Gasteiger partial charge in [0.15, 0.2) is 11.5 Å². The van der Waals surface area contributed by atoms with E-state index in [2.05, 4.69) is 30.9 Å². The van der Waals surface area contributed by atoms with Crippen molar-refractivity contribution in [2.75, 3.05) is 12.4 Å². The fraction of sp³-hybridized carbons (Fsp3) is 0.0870. The minimum atomic E-state index is -0.352. The number of carbonyl (C=O) groups excluding carboxylic acids is 2. The van der Waals surface area contributed by atoms with Gasteiger partial charge in [0.1, 0.15) is 5.76 Å². The van der Waals surface area contributed by atoms with Crippen molar-refractivity contribution in [1.29, 1.82) is 0 Å². The number of pyridine rings is 1. The summed E-state index contributed by atoms with van der Waals surface area (Å²) in [6.07, 6.45) is 6.72. The molecule has 0 saturated heterocycles. The van der Waals surface area contributed by atoms with E-state index in [-0.39, 0.29) is 23.3 Å². The lowest BCUT2D eigenvalue weighted by Gasteiger charge is -2.02. The van der Waals surface area contributed by atoms with Gasteiger partial charge in [0.2, 0.25) is 0 Å². The number of aromatic amines is 1. The van der Waals surface area contributed by atoms with Gasteiger partial charge in [-0.25, -0.2) is 0 Å². The van der Waals surface area contributed by atoms with Gasteiger partial charge in [-0.05, 0) is 35.9 Å². The molecule has 5 aromatic rings. The Balaban J connectivity index is 1.29. The van der Waals surface area contributed by atoms with E-state index in [9.17, 15) is 9.59 Å². The van der Waals surface area contributed by atoms with Crippen LogP contribution in [0.25, 0.3) is 22.0 Å². The number of hydrogen-bond donors (Lipinski definition) is 3. The Kier molecular flexibility index (Phi) is 5.15. The van der Waals surface area contributed by atoms with Crippen molar-refractivity contribution in [2.24, 2.45) is 0 Å². The third kappa shape index (κ3) is 4.09. The molecule has 10 nitrogen and oxygen atoms in total. The van der Waals surface area contributed by atoms with Gasteiger partial charge in [0, 0.05) is 36.6 Å². The van der Waals surface area contributed by atoms with Crippen LogP contribution in [0.4, 0.5) is 5.69 Å². The molecule has 4 aromatic heterocycles. The number of hydrogen-bond acceptors (Lipinski definition) is 6. The van der Waals surface area contributed by atoms with Crippen LogP contribution >= 0.6 is 0 Å². The molecule has 0 fully saturated rings. The van der Waals surface area contributed by atoms with Crippen LogP contribution in [0.5, 0.6) is 0 Å². The molecule has 0 spiro atoms. The quantitative estimate of drug-likeness (QED) is 0.371. The van der Waals surface area contributed by atoms with E-state index in [0.717, 1.165) is 16.6 Å². The van der Waals surface area contributed by atoms with Crippen LogP contribution in [0, 0.1) is 0 Å². The zero-order valence-electron chi connectivity index (χ0n) is 17.6. The van der Waals surface area contributed by atoms with Gasteiger partial charge in [0.25, 0.3) is 11.8 Å². The first-order valence-electron chi connectivity index (χ1n) is 10.1. The predicted molar refractivity (Wildman–Crippen MR) is 121 cm³/mol. The van der Waals surface area contributed by atoms with Crippen LogP contribution in [0.2, 0.25) is 0 Å². The summed E-state index contributed by atoms with van der Waals surface area (Å²) >= 11 is 0. The standard InChI is InChI=1S/C23H19N7O3/c1-24-22(31)20-7-5-17(33-20)13-30-12-16(11-26-30)27-23(32)21-18-6-4-14(9-19(18)28-29-21)15-3-2-8-25-10-15/h2-12H,13H2,1H3,(H,24,31)(H,27,32)(H,28,29). The molecule has 10 heteroatoms. The number of rotatable bonds is 6. The molecule has 0 aliphatic heterocycles. The lowest BCUT2D eigenvalue weighted by Crippen LogP contribution is -2.16. The van der Waals surface area contributed by atoms with Crippen LogP contribution < -0.4 is 10.6 Å². The van der Waals surface area contributed by atoms with E-state index in [0.29, 0.717) is 23.4 Å². The van der Waals surface area contributed by atoms with Crippen molar-refractivity contribution in [1.82, 2.24) is 30.3 Å². The summed E-state index contributed by atoms with van der Waals surface area (Å²) in [7, 11) is 1.54. The van der Waals surface area contributed by atoms with Gasteiger partial charge >= 0.3 is 0 Å². The molecule has 0 unspecified atom stereocenters. The van der Waals surface area contributed by atoms with E-state index in [1.54, 1.807) is 35.4 Å². The summed E-state index contributed by atoms with van der Waals surface area (Å²) in [6.45, 7) is 0.315. The number of carbonyl (C=O) groups is 2. The van der Waals surface area contributed by atoms with Crippen molar-refractivity contribution in [2.45, 2.75) is 6.54 Å². The number of benzene rings is 1. The van der Waals surface area contributed by atoms with Crippen molar-refractivity contribution >= 4 is 28.4 Å². The number of fused-ring (bicyclic) bond motifs is 1. The smallest absolute Gasteiger partial charge is 0.286 e. The SMILES string of the molecule is CNC(=O)c1ccc(Cn2cc(NC(=O)c3n[nH]c4cc(-c5cccnc5)ccc34)cn2)o1. The number of aromatic nitrogens is 5. The number of amides is 2. The first-order valence-corrected chi connectivity index (χ1v) is 10.1. The third-order valence-corrected chi connectivity index (χ3v) is 5.09. The molecule has 164 valence electrons. The van der Waals surface area contributed by atoms with Crippen molar-refractivity contribution in [3.05, 3.63) is 84.5 Å². The molecule has 4 heterocycles. The summed E-state index contributed by atoms with van der Waals surface area (Å²) in [5.41, 5.74) is 3.51. The van der Waals surface area contributed by atoms with Gasteiger partial charge in [0.05, 0.1) is 23.9 Å². The van der Waals surface area contributed by atoms with Gasteiger partial charge in [-0.15, -0.1) is 0 Å². The first kappa shape index (κ1) is 20.2. The average Bonchev–Trinajstić information content (AvgIpc) is 3.59. The summed E-state index contributed by atoms with van der Waals surface area (Å²) < 4.78 is 7.10. The van der Waals surface area contributed by atoms with Crippen LogP contribution in [0.15, 0.2) is 71.7 Å². The number of nitrogens with zero attached hydrogens (tertiary/aromatic N) is 4. The van der Waals surface area contributed by atoms with Crippen molar-refractivity contribution in [3.8, 4) is 11.1 Å². The minimum absolute atomic E-state index is 0.227. The predicted octanol–water partition coefficient (Wildman–Crippen LogP) is 3.07. The van der Waals surface area contributed by atoms with E-state index >= 15 is 0 Å². The summed E-state index contributed by atoms with van der Waals surface area (Å²) in [5, 5.41) is 17.4. The summed E-state index contributed by atoms with van der Waals surface area (Å²) in [6, 6.07) is 12.9. The number of H-pyrrole nitrogens is 1. The molecule has 3 N–H and O–H groups in total. The fourth-order valence-corrected chi connectivity index (χ4v) is 3.48. The van der Waals surface area contributed by atoms with E-state index in [1.165, 1.54) is 13.2 Å². The molecular weight excluding hydrogens is 422 g/mol. The van der Waals surface area contributed by atoms with E-state index in [1.807, 2.05) is 30.3 Å². The zero-order chi connectivity index (χ0) is 22.8. The Morgan fingerprint density at radius 1 is 1.09 bits per heavy atom. The molecule has 0 bridgehead atoms. The van der Waals surface area contributed by atoms with Crippen LogP contribution in [0.1, 0.15) is 26.8 Å². The maximum Gasteiger partial charge on any atom is 0.286 e. The first-order chi connectivity index (χ1) is 16.1. The molecule has 0 aliphatic carbocycles. The molecular formula is C23H19N7O3. The Morgan fingerprint density at radius 3 is 2.82 bits per heavy atom. The molecule has 0 aliphatic rings. The normalized spacial score (nSPS) is 10.9. The second-order valence-electron chi connectivity index (χ2n) is 7.30. The lowest BCUT2D eigenvalue weighted by atomic mass is 10.1. The van der Waals surface area contributed by atoms with Gasteiger partial charge in [-0.1, -0.05) is 12.1 Å². The molecule has 5 rings (SSSR count). The van der Waals surface area contributed by atoms with Crippen LogP contribution in [-0.4, -0.2) is 43.8 Å². The Hall–Kier alpha value is -4.73. The monoisotopic (exact) mass is 441 g/mol.